The highest BCUT2D eigenvalue weighted by atomic mass is 32.1. The third-order valence-electron chi connectivity index (χ3n) is 6.18. The number of nitriles is 1. The molecule has 0 atom stereocenters. The first-order valence-electron chi connectivity index (χ1n) is 11.9. The summed E-state index contributed by atoms with van der Waals surface area (Å²) in [7, 11) is 0. The summed E-state index contributed by atoms with van der Waals surface area (Å²) in [6, 6.07) is 8.24. The van der Waals surface area contributed by atoms with E-state index in [1.165, 1.54) is 12.8 Å². The highest BCUT2D eigenvalue weighted by Gasteiger charge is 2.21. The molecule has 4 heterocycles. The van der Waals surface area contributed by atoms with Crippen molar-refractivity contribution in [3.05, 3.63) is 42.4 Å². The number of piperazine rings is 1. The third kappa shape index (κ3) is 5.16. The van der Waals surface area contributed by atoms with E-state index in [1.807, 2.05) is 31.3 Å². The SMILES string of the molecule is CCOc1cc(-c2ccc(N3CCN(C(=S)NCC#CC4CC4)CC3)nc2)c2c(C#N)cnn2c1. The van der Waals surface area contributed by atoms with Crippen molar-refractivity contribution >= 4 is 28.7 Å². The zero-order valence-corrected chi connectivity index (χ0v) is 20.5. The Morgan fingerprint density at radius 3 is 2.74 bits per heavy atom. The molecule has 1 N–H and O–H groups in total. The highest BCUT2D eigenvalue weighted by molar-refractivity contribution is 7.80. The second-order valence-electron chi connectivity index (χ2n) is 8.62. The molecule has 178 valence electrons. The van der Waals surface area contributed by atoms with Crippen LogP contribution in [0.3, 0.4) is 0 Å². The van der Waals surface area contributed by atoms with Crippen molar-refractivity contribution in [2.75, 3.05) is 44.2 Å². The predicted molar refractivity (Wildman–Crippen MR) is 139 cm³/mol. The minimum Gasteiger partial charge on any atom is -0.492 e. The minimum absolute atomic E-state index is 0.520. The molecule has 0 bridgehead atoms. The zero-order chi connectivity index (χ0) is 24.2. The van der Waals surface area contributed by atoms with Crippen molar-refractivity contribution in [1.82, 2.24) is 24.8 Å². The third-order valence-corrected chi connectivity index (χ3v) is 6.58. The van der Waals surface area contributed by atoms with Crippen LogP contribution in [0.1, 0.15) is 25.3 Å². The molecule has 0 amide bonds. The number of rotatable bonds is 5. The van der Waals surface area contributed by atoms with Gasteiger partial charge in [-0.3, -0.25) is 0 Å². The Bertz CT molecular complexity index is 1320. The fourth-order valence-electron chi connectivity index (χ4n) is 4.17. The fourth-order valence-corrected chi connectivity index (χ4v) is 4.42. The van der Waals surface area contributed by atoms with Crippen molar-refractivity contribution in [2.24, 2.45) is 5.92 Å². The molecule has 2 aliphatic rings. The quantitative estimate of drug-likeness (QED) is 0.436. The van der Waals surface area contributed by atoms with Crippen molar-refractivity contribution in [3.63, 3.8) is 0 Å². The molecule has 1 aliphatic carbocycles. The highest BCUT2D eigenvalue weighted by Crippen LogP contribution is 2.31. The molecule has 2 fully saturated rings. The Labute approximate surface area is 210 Å². The summed E-state index contributed by atoms with van der Waals surface area (Å²) in [5, 5.41) is 17.9. The first kappa shape index (κ1) is 22.9. The number of ether oxygens (including phenoxy) is 1. The summed E-state index contributed by atoms with van der Waals surface area (Å²) >= 11 is 5.55. The van der Waals surface area contributed by atoms with E-state index in [2.05, 4.69) is 38.1 Å². The van der Waals surface area contributed by atoms with Gasteiger partial charge in [-0.2, -0.15) is 10.4 Å². The second-order valence-corrected chi connectivity index (χ2v) is 9.01. The molecule has 0 radical (unpaired) electrons. The largest absolute Gasteiger partial charge is 0.492 e. The Kier molecular flexibility index (Phi) is 6.69. The number of nitrogens with one attached hydrogen (secondary N) is 1. The smallest absolute Gasteiger partial charge is 0.169 e. The maximum atomic E-state index is 9.55. The summed E-state index contributed by atoms with van der Waals surface area (Å²) < 4.78 is 7.41. The van der Waals surface area contributed by atoms with Crippen molar-refractivity contribution < 1.29 is 4.74 Å². The molecular formula is C26H27N7OS. The van der Waals surface area contributed by atoms with Gasteiger partial charge in [0.25, 0.3) is 0 Å². The van der Waals surface area contributed by atoms with Crippen LogP contribution >= 0.6 is 12.2 Å². The normalized spacial score (nSPS) is 15.3. The van der Waals surface area contributed by atoms with Gasteiger partial charge in [0.15, 0.2) is 5.11 Å². The number of pyridine rings is 2. The summed E-state index contributed by atoms with van der Waals surface area (Å²) in [5.41, 5.74) is 3.05. The lowest BCUT2D eigenvalue weighted by atomic mass is 10.1. The van der Waals surface area contributed by atoms with Crippen molar-refractivity contribution in [2.45, 2.75) is 19.8 Å². The van der Waals surface area contributed by atoms with Gasteiger partial charge in [0.1, 0.15) is 17.6 Å². The van der Waals surface area contributed by atoms with Crippen LogP contribution < -0.4 is 15.0 Å². The van der Waals surface area contributed by atoms with Gasteiger partial charge in [-0.15, -0.1) is 0 Å². The van der Waals surface area contributed by atoms with Crippen molar-refractivity contribution in [1.29, 1.82) is 5.26 Å². The van der Waals surface area contributed by atoms with Gasteiger partial charge in [0, 0.05) is 49.4 Å². The van der Waals surface area contributed by atoms with E-state index >= 15 is 0 Å². The first-order chi connectivity index (χ1) is 17.2. The van der Waals surface area contributed by atoms with Gasteiger partial charge in [0.2, 0.25) is 0 Å². The molecule has 0 spiro atoms. The van der Waals surface area contributed by atoms with E-state index in [0.717, 1.165) is 53.8 Å². The molecule has 0 unspecified atom stereocenters. The Balaban J connectivity index is 1.26. The summed E-state index contributed by atoms with van der Waals surface area (Å²) in [4.78, 5) is 9.20. The molecule has 9 heteroatoms. The monoisotopic (exact) mass is 485 g/mol. The van der Waals surface area contributed by atoms with Gasteiger partial charge >= 0.3 is 0 Å². The Morgan fingerprint density at radius 1 is 1.23 bits per heavy atom. The van der Waals surface area contributed by atoms with E-state index < -0.39 is 0 Å². The molecule has 8 nitrogen and oxygen atoms in total. The van der Waals surface area contributed by atoms with Crippen molar-refractivity contribution in [3.8, 4) is 34.8 Å². The summed E-state index contributed by atoms with van der Waals surface area (Å²) in [5.74, 6) is 8.66. The first-order valence-corrected chi connectivity index (χ1v) is 12.3. The number of hydrogen-bond acceptors (Lipinski definition) is 6. The molecule has 5 rings (SSSR count). The number of hydrogen-bond donors (Lipinski definition) is 1. The van der Waals surface area contributed by atoms with Crippen LogP contribution in [0, 0.1) is 29.1 Å². The van der Waals surface area contributed by atoms with E-state index in [0.29, 0.717) is 30.4 Å². The van der Waals surface area contributed by atoms with Gasteiger partial charge < -0.3 is 19.9 Å². The van der Waals surface area contributed by atoms with Crippen LogP contribution in [0.25, 0.3) is 16.6 Å². The molecule has 1 saturated carbocycles. The number of anilines is 1. The van der Waals surface area contributed by atoms with Gasteiger partial charge in [-0.05, 0) is 50.2 Å². The van der Waals surface area contributed by atoms with Gasteiger partial charge in [-0.1, -0.05) is 11.8 Å². The molecule has 0 aromatic carbocycles. The zero-order valence-electron chi connectivity index (χ0n) is 19.7. The van der Waals surface area contributed by atoms with Gasteiger partial charge in [-0.25, -0.2) is 9.50 Å². The van der Waals surface area contributed by atoms with E-state index in [4.69, 9.17) is 21.9 Å². The van der Waals surface area contributed by atoms with Crippen LogP contribution in [-0.4, -0.2) is 63.9 Å². The van der Waals surface area contributed by atoms with E-state index in [1.54, 1.807) is 16.9 Å². The lowest BCUT2D eigenvalue weighted by Gasteiger charge is -2.36. The number of aromatic nitrogens is 3. The maximum absolute atomic E-state index is 9.55. The van der Waals surface area contributed by atoms with E-state index in [-0.39, 0.29) is 0 Å². The molecule has 35 heavy (non-hydrogen) atoms. The predicted octanol–water partition coefficient (Wildman–Crippen LogP) is 3.08. The van der Waals surface area contributed by atoms with E-state index in [9.17, 15) is 5.26 Å². The topological polar surface area (TPSA) is 81.7 Å². The molecule has 1 aliphatic heterocycles. The Hall–Kier alpha value is -3.82. The molecule has 3 aromatic heterocycles. The standard InChI is InChI=1S/C26H27N7OS/c1-2-34-22-14-23(25-21(15-27)17-30-33(25)18-22)20-7-8-24(29-16-20)31-10-12-32(13-11-31)26(35)28-9-3-4-19-5-6-19/h7-8,14,16-19H,2,5-6,9-13H2,1H3,(H,28,35). The van der Waals surface area contributed by atoms with Crippen LogP contribution in [0.5, 0.6) is 5.75 Å². The number of nitrogens with zero attached hydrogens (tertiary/aromatic N) is 6. The second kappa shape index (κ2) is 10.2. The molecule has 3 aromatic rings. The number of thiocarbonyl (C=S) groups is 1. The van der Waals surface area contributed by atoms with Crippen LogP contribution in [0.15, 0.2) is 36.8 Å². The fraction of sp³-hybridized carbons (Fsp3) is 0.385. The lowest BCUT2D eigenvalue weighted by molar-refractivity contribution is 0.338. The minimum atomic E-state index is 0.520. The maximum Gasteiger partial charge on any atom is 0.169 e. The lowest BCUT2D eigenvalue weighted by Crippen LogP contribution is -2.52. The van der Waals surface area contributed by atoms with Gasteiger partial charge in [0.05, 0.1) is 36.6 Å². The molecule has 1 saturated heterocycles. The van der Waals surface area contributed by atoms with Crippen LogP contribution in [-0.2, 0) is 0 Å². The van der Waals surface area contributed by atoms with Crippen LogP contribution in [0.2, 0.25) is 0 Å². The number of fused-ring (bicyclic) bond motifs is 1. The molecular weight excluding hydrogens is 458 g/mol. The average Bonchev–Trinajstić information content (AvgIpc) is 3.63. The summed E-state index contributed by atoms with van der Waals surface area (Å²) in [6.45, 7) is 6.46. The Morgan fingerprint density at radius 2 is 2.06 bits per heavy atom. The average molecular weight is 486 g/mol. The van der Waals surface area contributed by atoms with Crippen LogP contribution in [0.4, 0.5) is 5.82 Å². The summed E-state index contributed by atoms with van der Waals surface area (Å²) in [6.07, 6.45) is 7.70.